The van der Waals surface area contributed by atoms with E-state index in [1.807, 2.05) is 12.4 Å². The Hall–Kier alpha value is -9.45. The van der Waals surface area contributed by atoms with Gasteiger partial charge in [0.1, 0.15) is 0 Å². The maximum Gasteiger partial charge on any atom is 0.0666 e. The average molecular weight is 892 g/mol. The van der Waals surface area contributed by atoms with Crippen LogP contribution in [0.5, 0.6) is 0 Å². The Labute approximate surface area is 402 Å². The zero-order valence-corrected chi connectivity index (χ0v) is 37.9. The van der Waals surface area contributed by atoms with E-state index in [2.05, 4.69) is 255 Å². The van der Waals surface area contributed by atoms with E-state index in [4.69, 9.17) is 4.98 Å². The van der Waals surface area contributed by atoms with Crippen LogP contribution in [0.2, 0.25) is 0 Å². The summed E-state index contributed by atoms with van der Waals surface area (Å²) < 4.78 is 9.49. The van der Waals surface area contributed by atoms with Crippen molar-refractivity contribution in [3.63, 3.8) is 0 Å². The Balaban J connectivity index is 0.844. The molecule has 15 aromatic rings. The van der Waals surface area contributed by atoms with Crippen LogP contribution in [-0.4, -0.2) is 23.3 Å². The molecule has 70 heavy (non-hydrogen) atoms. The van der Waals surface area contributed by atoms with E-state index in [-0.39, 0.29) is 0 Å². The first kappa shape index (κ1) is 38.6. The topological polar surface area (TPSA) is 32.6 Å². The molecule has 0 amide bonds. The van der Waals surface area contributed by atoms with Crippen LogP contribution < -0.4 is 0 Å². The summed E-state index contributed by atoms with van der Waals surface area (Å²) in [6.45, 7) is 0. The number of para-hydroxylation sites is 6. The summed E-state index contributed by atoms with van der Waals surface area (Å²) in [4.78, 5) is 4.96. The minimum atomic E-state index is 1.01. The zero-order chi connectivity index (χ0) is 45.9. The number of aromatic nitrogens is 5. The summed E-state index contributed by atoms with van der Waals surface area (Å²) in [5.74, 6) is 0. The third kappa shape index (κ3) is 5.69. The van der Waals surface area contributed by atoms with Gasteiger partial charge in [0, 0.05) is 54.5 Å². The van der Waals surface area contributed by atoms with Crippen molar-refractivity contribution >= 4 is 87.2 Å². The second-order valence-corrected chi connectivity index (χ2v) is 18.4. The van der Waals surface area contributed by atoms with Crippen molar-refractivity contribution in [1.29, 1.82) is 0 Å². The molecule has 5 aromatic heterocycles. The van der Waals surface area contributed by atoms with Crippen molar-refractivity contribution in [2.24, 2.45) is 0 Å². The minimum absolute atomic E-state index is 1.01. The molecule has 0 radical (unpaired) electrons. The van der Waals surface area contributed by atoms with Crippen LogP contribution in [0.1, 0.15) is 0 Å². The standard InChI is InChI=1S/C65H41N5/c1-3-15-46(16-4-1)67-58-23-11-7-19-50(58)54-35-42(27-31-62(54)67)44-29-33-64-56(37-44)52-21-9-13-25-60(52)69(64)48-39-49(41-66-40-48)70-61-26-14-10-22-53(61)57-38-45(30-34-65(57)70)43-28-32-63-55(36-43)51-20-8-12-24-59(51)68(63)47-17-5-2-6-18-47/h1-41H. The van der Waals surface area contributed by atoms with Gasteiger partial charge in [0.25, 0.3) is 0 Å². The molecular weight excluding hydrogens is 851 g/mol. The maximum atomic E-state index is 4.96. The van der Waals surface area contributed by atoms with Crippen molar-refractivity contribution in [1.82, 2.24) is 23.3 Å². The van der Waals surface area contributed by atoms with Crippen LogP contribution in [0.25, 0.3) is 132 Å². The summed E-state index contributed by atoms with van der Waals surface area (Å²) in [7, 11) is 0. The Morgan fingerprint density at radius 1 is 0.200 bits per heavy atom. The second-order valence-electron chi connectivity index (χ2n) is 18.4. The van der Waals surface area contributed by atoms with Crippen molar-refractivity contribution in [2.45, 2.75) is 0 Å². The molecule has 326 valence electrons. The lowest BCUT2D eigenvalue weighted by molar-refractivity contribution is 1.09. The van der Waals surface area contributed by atoms with Crippen LogP contribution in [0, 0.1) is 0 Å². The van der Waals surface area contributed by atoms with Crippen molar-refractivity contribution in [3.05, 3.63) is 249 Å². The van der Waals surface area contributed by atoms with Gasteiger partial charge in [0.05, 0.1) is 67.9 Å². The van der Waals surface area contributed by atoms with Gasteiger partial charge in [-0.25, -0.2) is 0 Å². The molecule has 0 saturated carbocycles. The minimum Gasteiger partial charge on any atom is -0.309 e. The largest absolute Gasteiger partial charge is 0.309 e. The summed E-state index contributed by atoms with van der Waals surface area (Å²) in [5, 5.41) is 9.81. The Kier molecular flexibility index (Phi) is 8.29. The Morgan fingerprint density at radius 2 is 0.457 bits per heavy atom. The van der Waals surface area contributed by atoms with E-state index in [0.29, 0.717) is 0 Å². The number of nitrogens with zero attached hydrogens (tertiary/aromatic N) is 5. The van der Waals surface area contributed by atoms with Gasteiger partial charge < -0.3 is 18.3 Å². The third-order valence-corrected chi connectivity index (χ3v) is 14.6. The lowest BCUT2D eigenvalue weighted by Gasteiger charge is -2.12. The zero-order valence-electron chi connectivity index (χ0n) is 37.9. The quantitative estimate of drug-likeness (QED) is 0.164. The molecule has 0 aliphatic carbocycles. The van der Waals surface area contributed by atoms with E-state index in [1.165, 1.54) is 87.4 Å². The number of fused-ring (bicyclic) bond motifs is 12. The van der Waals surface area contributed by atoms with Crippen LogP contribution in [0.4, 0.5) is 0 Å². The first-order chi connectivity index (χ1) is 34.7. The van der Waals surface area contributed by atoms with Crippen molar-refractivity contribution < 1.29 is 0 Å². The predicted octanol–water partition coefficient (Wildman–Crippen LogP) is 16.8. The molecule has 0 unspecified atom stereocenters. The Bertz CT molecular complexity index is 4290. The van der Waals surface area contributed by atoms with Crippen LogP contribution in [-0.2, 0) is 0 Å². The highest BCUT2D eigenvalue weighted by Crippen LogP contribution is 2.41. The molecule has 5 heterocycles. The second kappa shape index (κ2) is 15.0. The van der Waals surface area contributed by atoms with Gasteiger partial charge in [0.15, 0.2) is 0 Å². The molecule has 10 aromatic carbocycles. The van der Waals surface area contributed by atoms with Crippen molar-refractivity contribution in [3.8, 4) is 45.0 Å². The van der Waals surface area contributed by atoms with E-state index >= 15 is 0 Å². The Morgan fingerprint density at radius 3 is 0.771 bits per heavy atom. The van der Waals surface area contributed by atoms with Gasteiger partial charge in [-0.1, -0.05) is 133 Å². The van der Waals surface area contributed by atoms with Gasteiger partial charge >= 0.3 is 0 Å². The summed E-state index contributed by atoms with van der Waals surface area (Å²) in [6.07, 6.45) is 3.99. The number of hydrogen-bond acceptors (Lipinski definition) is 1. The van der Waals surface area contributed by atoms with Gasteiger partial charge in [-0.05, 0) is 125 Å². The first-order valence-electron chi connectivity index (χ1n) is 23.9. The van der Waals surface area contributed by atoms with Crippen molar-refractivity contribution in [2.75, 3.05) is 0 Å². The SMILES string of the molecule is c1ccc(-n2c3ccccc3c3cc(-c4ccc5c(c4)c4ccccc4n5-c4cncc(-n5c6ccccc6c6cc(-c7ccc8c(c7)c7ccccc7n8-c7ccccc7)ccc65)c4)ccc32)cc1. The highest BCUT2D eigenvalue weighted by molar-refractivity contribution is 6.15. The lowest BCUT2D eigenvalue weighted by atomic mass is 10.0. The predicted molar refractivity (Wildman–Crippen MR) is 292 cm³/mol. The normalized spacial score (nSPS) is 12.0. The van der Waals surface area contributed by atoms with Crippen LogP contribution in [0.3, 0.4) is 0 Å². The fourth-order valence-corrected chi connectivity index (χ4v) is 11.5. The van der Waals surface area contributed by atoms with Gasteiger partial charge in [-0.2, -0.15) is 0 Å². The fourth-order valence-electron chi connectivity index (χ4n) is 11.5. The van der Waals surface area contributed by atoms with Gasteiger partial charge in [-0.15, -0.1) is 0 Å². The highest BCUT2D eigenvalue weighted by atomic mass is 15.0. The average Bonchev–Trinajstić information content (AvgIpc) is 4.16. The molecule has 5 heteroatoms. The molecule has 5 nitrogen and oxygen atoms in total. The monoisotopic (exact) mass is 891 g/mol. The molecule has 0 bridgehead atoms. The molecule has 0 aliphatic rings. The van der Waals surface area contributed by atoms with E-state index in [0.717, 1.165) is 44.8 Å². The molecular formula is C65H41N5. The molecule has 0 aliphatic heterocycles. The summed E-state index contributed by atoms with van der Waals surface area (Å²) in [6, 6.07) is 86.3. The molecule has 0 spiro atoms. The lowest BCUT2D eigenvalue weighted by Crippen LogP contribution is -2.00. The number of pyridine rings is 1. The van der Waals surface area contributed by atoms with E-state index in [1.54, 1.807) is 0 Å². The summed E-state index contributed by atoms with van der Waals surface area (Å²) in [5.41, 5.74) is 18.5. The first-order valence-corrected chi connectivity index (χ1v) is 23.9. The fraction of sp³-hybridized carbons (Fsp3) is 0. The highest BCUT2D eigenvalue weighted by Gasteiger charge is 2.20. The van der Waals surface area contributed by atoms with Gasteiger partial charge in [0.2, 0.25) is 0 Å². The summed E-state index contributed by atoms with van der Waals surface area (Å²) >= 11 is 0. The third-order valence-electron chi connectivity index (χ3n) is 14.6. The molecule has 0 atom stereocenters. The van der Waals surface area contributed by atoms with Crippen LogP contribution in [0.15, 0.2) is 249 Å². The van der Waals surface area contributed by atoms with Gasteiger partial charge in [-0.3, -0.25) is 4.98 Å². The molecule has 0 N–H and O–H groups in total. The number of hydrogen-bond donors (Lipinski definition) is 0. The number of benzene rings is 10. The molecule has 15 rings (SSSR count). The molecule has 0 fully saturated rings. The molecule has 0 saturated heterocycles. The maximum absolute atomic E-state index is 4.96. The van der Waals surface area contributed by atoms with E-state index in [9.17, 15) is 0 Å². The number of rotatable bonds is 6. The van der Waals surface area contributed by atoms with Crippen LogP contribution >= 0.6 is 0 Å². The van der Waals surface area contributed by atoms with E-state index < -0.39 is 0 Å². The smallest absolute Gasteiger partial charge is 0.0666 e.